The first-order valence-corrected chi connectivity index (χ1v) is 12.6. The molecule has 0 amide bonds. The van der Waals surface area contributed by atoms with E-state index in [1.807, 2.05) is 22.6 Å². The van der Waals surface area contributed by atoms with Crippen molar-refractivity contribution in [2.24, 2.45) is 7.05 Å². The fraction of sp³-hybridized carbons (Fsp3) is 0.476. The van der Waals surface area contributed by atoms with E-state index < -0.39 is 14.8 Å². The van der Waals surface area contributed by atoms with Gasteiger partial charge in [-0.25, -0.2) is 12.8 Å². The number of benzene rings is 1. The summed E-state index contributed by atoms with van der Waals surface area (Å²) in [4.78, 5) is 12.9. The molecule has 0 bridgehead atoms. The highest BCUT2D eigenvalue weighted by Gasteiger charge is 2.54. The lowest BCUT2D eigenvalue weighted by molar-refractivity contribution is 0.283. The molecule has 0 atom stereocenters. The normalized spacial score (nSPS) is 17.1. The number of rotatable bonds is 7. The van der Waals surface area contributed by atoms with Crippen molar-refractivity contribution in [1.82, 2.24) is 4.57 Å². The highest BCUT2D eigenvalue weighted by Crippen LogP contribution is 2.47. The van der Waals surface area contributed by atoms with Crippen molar-refractivity contribution >= 4 is 38.3 Å². The zero-order valence-electron chi connectivity index (χ0n) is 16.7. The lowest BCUT2D eigenvalue weighted by Gasteiger charge is -2.23. The van der Waals surface area contributed by atoms with Gasteiger partial charge < -0.3 is 9.67 Å². The number of hydrogen-bond acceptors (Lipinski definition) is 4. The molecule has 0 radical (unpaired) electrons. The molecule has 6 nitrogen and oxygen atoms in total. The Morgan fingerprint density at radius 2 is 1.97 bits per heavy atom. The van der Waals surface area contributed by atoms with E-state index in [0.29, 0.717) is 48.2 Å². The number of aromatic nitrogens is 1. The summed E-state index contributed by atoms with van der Waals surface area (Å²) < 4.78 is 45.0. The maximum absolute atomic E-state index is 14.6. The Kier molecular flexibility index (Phi) is 5.73. The SMILES string of the molecule is Cn1c(Cc2ccc(I)cc2F)c(NS(=O)(=O)C2(CCO)CC2)c2c(c1=O)CCC2. The van der Waals surface area contributed by atoms with E-state index in [4.69, 9.17) is 0 Å². The van der Waals surface area contributed by atoms with E-state index in [1.165, 1.54) is 10.6 Å². The van der Waals surface area contributed by atoms with Gasteiger partial charge in [-0.1, -0.05) is 6.07 Å². The molecule has 2 N–H and O–H groups in total. The number of nitrogens with one attached hydrogen (secondary N) is 1. The van der Waals surface area contributed by atoms with Gasteiger partial charge in [0.05, 0.1) is 10.4 Å². The van der Waals surface area contributed by atoms with Crippen molar-refractivity contribution in [3.05, 3.63) is 60.3 Å². The third kappa shape index (κ3) is 3.69. The van der Waals surface area contributed by atoms with Crippen LogP contribution in [0.4, 0.5) is 10.1 Å². The topological polar surface area (TPSA) is 88.4 Å². The summed E-state index contributed by atoms with van der Waals surface area (Å²) in [6.07, 6.45) is 3.28. The van der Waals surface area contributed by atoms with Crippen molar-refractivity contribution in [2.75, 3.05) is 11.3 Å². The Labute approximate surface area is 188 Å². The molecule has 9 heteroatoms. The Morgan fingerprint density at radius 1 is 1.27 bits per heavy atom. The number of halogens is 2. The minimum atomic E-state index is -3.77. The van der Waals surface area contributed by atoms with Gasteiger partial charge in [0.1, 0.15) is 5.82 Å². The largest absolute Gasteiger partial charge is 0.396 e. The molecule has 2 aliphatic carbocycles. The number of anilines is 1. The van der Waals surface area contributed by atoms with E-state index in [9.17, 15) is 22.7 Å². The first-order valence-electron chi connectivity index (χ1n) is 10.00. The average molecular weight is 546 g/mol. The summed E-state index contributed by atoms with van der Waals surface area (Å²) in [5.74, 6) is -0.386. The van der Waals surface area contributed by atoms with Gasteiger partial charge in [-0.3, -0.25) is 9.52 Å². The molecule has 1 fully saturated rings. The minimum absolute atomic E-state index is 0.104. The highest BCUT2D eigenvalue weighted by molar-refractivity contribution is 14.1. The average Bonchev–Trinajstić information content (AvgIpc) is 3.32. The molecule has 0 aliphatic heterocycles. The van der Waals surface area contributed by atoms with Crippen LogP contribution >= 0.6 is 22.6 Å². The van der Waals surface area contributed by atoms with Crippen LogP contribution < -0.4 is 10.3 Å². The van der Waals surface area contributed by atoms with E-state index in [-0.39, 0.29) is 30.8 Å². The van der Waals surface area contributed by atoms with Crippen LogP contribution in [0.5, 0.6) is 0 Å². The summed E-state index contributed by atoms with van der Waals surface area (Å²) in [5.41, 5.74) is 2.48. The minimum Gasteiger partial charge on any atom is -0.396 e. The molecule has 1 aromatic carbocycles. The van der Waals surface area contributed by atoms with E-state index in [2.05, 4.69) is 4.72 Å². The molecular formula is C21H24FIN2O4S. The van der Waals surface area contributed by atoms with Crippen LogP contribution in [0.2, 0.25) is 0 Å². The standard InChI is InChI=1S/C21H24FIN2O4S/c1-25-18(11-13-5-6-14(23)12-17(13)22)19(15-3-2-4-16(15)20(25)27)24-30(28,29)21(7-8-21)9-10-26/h5-6,12,24,26H,2-4,7-11H2,1H3. The second-order valence-corrected chi connectivity index (χ2v) is 11.5. The van der Waals surface area contributed by atoms with Crippen molar-refractivity contribution in [2.45, 2.75) is 49.7 Å². The van der Waals surface area contributed by atoms with Crippen LogP contribution in [0.15, 0.2) is 23.0 Å². The summed E-state index contributed by atoms with van der Waals surface area (Å²) in [6, 6.07) is 4.88. The van der Waals surface area contributed by atoms with E-state index in [0.717, 1.165) is 15.6 Å². The van der Waals surface area contributed by atoms with Crippen molar-refractivity contribution in [3.8, 4) is 0 Å². The fourth-order valence-corrected chi connectivity index (χ4v) is 6.51. The second-order valence-electron chi connectivity index (χ2n) is 8.17. The van der Waals surface area contributed by atoms with Crippen LogP contribution in [0, 0.1) is 9.39 Å². The van der Waals surface area contributed by atoms with Crippen molar-refractivity contribution in [1.29, 1.82) is 0 Å². The molecule has 0 saturated heterocycles. The number of sulfonamides is 1. The number of aliphatic hydroxyl groups is 1. The first kappa shape index (κ1) is 21.8. The molecule has 4 rings (SSSR count). The zero-order valence-corrected chi connectivity index (χ0v) is 19.6. The Bertz CT molecular complexity index is 1170. The fourth-order valence-electron chi connectivity index (χ4n) is 4.33. The van der Waals surface area contributed by atoms with E-state index in [1.54, 1.807) is 19.2 Å². The van der Waals surface area contributed by atoms with Gasteiger partial charge in [0.15, 0.2) is 0 Å². The molecule has 2 aliphatic rings. The number of pyridine rings is 1. The lowest BCUT2D eigenvalue weighted by atomic mass is 10.0. The van der Waals surface area contributed by atoms with Crippen LogP contribution in [0.3, 0.4) is 0 Å². The Morgan fingerprint density at radius 3 is 2.60 bits per heavy atom. The molecule has 162 valence electrons. The Balaban J connectivity index is 1.84. The summed E-state index contributed by atoms with van der Waals surface area (Å²) in [5, 5.41) is 9.33. The number of fused-ring (bicyclic) bond motifs is 1. The van der Waals surface area contributed by atoms with Gasteiger partial charge in [0.25, 0.3) is 5.56 Å². The lowest BCUT2D eigenvalue weighted by Crippen LogP contribution is -2.34. The van der Waals surface area contributed by atoms with Gasteiger partial charge in [-0.15, -0.1) is 0 Å². The zero-order chi connectivity index (χ0) is 21.7. The highest BCUT2D eigenvalue weighted by atomic mass is 127. The maximum Gasteiger partial charge on any atom is 0.254 e. The summed E-state index contributed by atoms with van der Waals surface area (Å²) >= 11 is 2.03. The van der Waals surface area contributed by atoms with Crippen LogP contribution in [-0.4, -0.2) is 29.4 Å². The molecule has 0 unspecified atom stereocenters. The summed E-state index contributed by atoms with van der Waals surface area (Å²) in [7, 11) is -2.16. The van der Waals surface area contributed by atoms with Gasteiger partial charge in [0.2, 0.25) is 10.0 Å². The molecule has 1 saturated carbocycles. The monoisotopic (exact) mass is 546 g/mol. The van der Waals surface area contributed by atoms with E-state index >= 15 is 0 Å². The van der Waals surface area contributed by atoms with Gasteiger partial charge in [-0.05, 0) is 84.4 Å². The van der Waals surface area contributed by atoms with Crippen LogP contribution in [0.25, 0.3) is 0 Å². The molecule has 30 heavy (non-hydrogen) atoms. The molecular weight excluding hydrogens is 522 g/mol. The third-order valence-electron chi connectivity index (χ3n) is 6.33. The number of nitrogens with zero attached hydrogens (tertiary/aromatic N) is 1. The van der Waals surface area contributed by atoms with Gasteiger partial charge in [-0.2, -0.15) is 0 Å². The third-order valence-corrected chi connectivity index (χ3v) is 9.23. The smallest absolute Gasteiger partial charge is 0.254 e. The Hall–Kier alpha value is -1.46. The predicted octanol–water partition coefficient (Wildman–Crippen LogP) is 2.87. The quantitative estimate of drug-likeness (QED) is 0.523. The van der Waals surface area contributed by atoms with Gasteiger partial charge >= 0.3 is 0 Å². The molecule has 0 spiro atoms. The molecule has 1 heterocycles. The number of hydrogen-bond donors (Lipinski definition) is 2. The first-order chi connectivity index (χ1) is 14.2. The summed E-state index contributed by atoms with van der Waals surface area (Å²) in [6.45, 7) is -0.201. The van der Waals surface area contributed by atoms with Crippen molar-refractivity contribution in [3.63, 3.8) is 0 Å². The molecule has 1 aromatic heterocycles. The molecule has 2 aromatic rings. The maximum atomic E-state index is 14.6. The number of aliphatic hydroxyl groups excluding tert-OH is 1. The van der Waals surface area contributed by atoms with Crippen LogP contribution in [-0.2, 0) is 36.3 Å². The van der Waals surface area contributed by atoms with Crippen molar-refractivity contribution < 1.29 is 17.9 Å². The van der Waals surface area contributed by atoms with Crippen LogP contribution in [0.1, 0.15) is 48.1 Å². The van der Waals surface area contributed by atoms with Gasteiger partial charge in [0, 0.05) is 34.9 Å². The predicted molar refractivity (Wildman–Crippen MR) is 122 cm³/mol. The second kappa shape index (κ2) is 7.90.